The number of carbonyl (C=O) groups is 1. The molecule has 1 aliphatic heterocycles. The van der Waals surface area contributed by atoms with E-state index in [2.05, 4.69) is 34.5 Å². The number of pyridine rings is 1. The average Bonchev–Trinajstić information content (AvgIpc) is 3.16. The molecule has 2 aromatic heterocycles. The molecule has 1 amide bonds. The minimum atomic E-state index is -0.379. The lowest BCUT2D eigenvalue weighted by atomic mass is 9.90. The van der Waals surface area contributed by atoms with Crippen LogP contribution in [0.4, 0.5) is 5.82 Å². The van der Waals surface area contributed by atoms with Crippen molar-refractivity contribution in [2.24, 2.45) is 11.1 Å². The van der Waals surface area contributed by atoms with Gasteiger partial charge in [-0.05, 0) is 41.5 Å². The van der Waals surface area contributed by atoms with Crippen molar-refractivity contribution in [2.75, 3.05) is 31.1 Å². The van der Waals surface area contributed by atoms with Crippen molar-refractivity contribution < 1.29 is 4.79 Å². The zero-order chi connectivity index (χ0) is 18.8. The molecule has 2 aliphatic rings. The quantitative estimate of drug-likeness (QED) is 0.718. The Bertz CT molecular complexity index is 1080. The van der Waals surface area contributed by atoms with Crippen LogP contribution >= 0.6 is 0 Å². The molecule has 1 aliphatic carbocycles. The van der Waals surface area contributed by atoms with Crippen LogP contribution in [-0.2, 0) is 12.8 Å². The number of nitrogens with one attached hydrogen (secondary N) is 1. The summed E-state index contributed by atoms with van der Waals surface area (Å²) >= 11 is 0. The molecule has 1 saturated heterocycles. The molecule has 148 valence electrons. The third-order valence-corrected chi connectivity index (χ3v) is 5.91. The van der Waals surface area contributed by atoms with E-state index in [0.717, 1.165) is 55.6 Å². The van der Waals surface area contributed by atoms with Gasteiger partial charge in [-0.1, -0.05) is 33.4 Å². The van der Waals surface area contributed by atoms with Crippen LogP contribution < -0.4 is 16.0 Å². The Kier molecular flexibility index (Phi) is 4.34. The molecule has 5 rings (SSSR count). The fourth-order valence-corrected chi connectivity index (χ4v) is 4.83. The molecule has 28 heavy (non-hydrogen) atoms. The van der Waals surface area contributed by atoms with Crippen LogP contribution in [0, 0.1) is 5.41 Å². The molecule has 6 nitrogen and oxygen atoms in total. The van der Waals surface area contributed by atoms with Gasteiger partial charge >= 0.3 is 0 Å². The van der Waals surface area contributed by atoms with Crippen molar-refractivity contribution in [1.29, 1.82) is 0 Å². The van der Waals surface area contributed by atoms with E-state index in [9.17, 15) is 4.79 Å². The summed E-state index contributed by atoms with van der Waals surface area (Å²) in [7, 11) is 0. The summed E-state index contributed by atoms with van der Waals surface area (Å²) in [5.41, 5.74) is 11.6. The second-order valence-corrected chi connectivity index (χ2v) is 8.53. The fraction of sp³-hybridized carbons (Fsp3) is 0.455. The number of nitrogens with two attached hydrogens (primary N) is 1. The van der Waals surface area contributed by atoms with Gasteiger partial charge in [-0.15, -0.1) is 0 Å². The molecule has 0 unspecified atom stereocenters. The lowest BCUT2D eigenvalue weighted by Crippen LogP contribution is -2.44. The summed E-state index contributed by atoms with van der Waals surface area (Å²) in [6.07, 6.45) is 1.81. The van der Waals surface area contributed by atoms with Crippen LogP contribution in [0.3, 0.4) is 0 Å². The number of imidazole rings is 1. The lowest BCUT2D eigenvalue weighted by Gasteiger charge is -2.32. The van der Waals surface area contributed by atoms with E-state index in [1.807, 2.05) is 18.2 Å². The number of rotatable bonds is 2. The number of benzene rings is 1. The van der Waals surface area contributed by atoms with E-state index in [1.165, 1.54) is 11.4 Å². The first-order chi connectivity index (χ1) is 13.0. The average molecular weight is 380 g/mol. The highest BCUT2D eigenvalue weighted by Gasteiger charge is 2.37. The van der Waals surface area contributed by atoms with Crippen LogP contribution in [0.25, 0.3) is 16.7 Å². The van der Waals surface area contributed by atoms with E-state index in [-0.39, 0.29) is 18.7 Å². The number of fused-ring (bicyclic) bond motifs is 4. The van der Waals surface area contributed by atoms with Crippen molar-refractivity contribution in [1.82, 2.24) is 14.7 Å². The van der Waals surface area contributed by atoms with Crippen LogP contribution in [0.1, 0.15) is 42.8 Å². The number of para-hydroxylation sites is 2. The smallest absolute Gasteiger partial charge is 0.252 e. The van der Waals surface area contributed by atoms with Crippen molar-refractivity contribution in [2.45, 2.75) is 34.1 Å². The molecular formula is C22H29N5O. The van der Waals surface area contributed by atoms with Crippen molar-refractivity contribution in [3.05, 3.63) is 41.0 Å². The standard InChI is InChI=1S/C21H25N5O.CH4/c1-21(2)11-13-14(12-21)20(25-9-7-23-8-10-25)26-16-6-4-3-5-15(16)24-19(26)17(13)18(22)27;/h3-6,23H,7-12H2,1-2H3,(H2,22,27);1H4. The first kappa shape index (κ1) is 18.7. The fourth-order valence-electron chi connectivity index (χ4n) is 4.83. The maximum atomic E-state index is 12.5. The topological polar surface area (TPSA) is 75.7 Å². The number of hydrogen-bond acceptors (Lipinski definition) is 4. The Morgan fingerprint density at radius 2 is 1.82 bits per heavy atom. The van der Waals surface area contributed by atoms with E-state index in [4.69, 9.17) is 10.7 Å². The number of amides is 1. The van der Waals surface area contributed by atoms with Gasteiger partial charge in [0, 0.05) is 26.2 Å². The maximum absolute atomic E-state index is 12.5. The first-order valence-electron chi connectivity index (χ1n) is 9.67. The Labute approximate surface area is 165 Å². The number of primary amides is 1. The van der Waals surface area contributed by atoms with Gasteiger partial charge in [0.1, 0.15) is 5.82 Å². The van der Waals surface area contributed by atoms with Gasteiger partial charge in [-0.2, -0.15) is 0 Å². The maximum Gasteiger partial charge on any atom is 0.252 e. The molecule has 3 heterocycles. The first-order valence-corrected chi connectivity index (χ1v) is 9.67. The second kappa shape index (κ2) is 6.48. The van der Waals surface area contributed by atoms with E-state index < -0.39 is 0 Å². The van der Waals surface area contributed by atoms with Crippen molar-refractivity contribution in [3.8, 4) is 0 Å². The highest BCUT2D eigenvalue weighted by Crippen LogP contribution is 2.44. The Morgan fingerprint density at radius 1 is 1.14 bits per heavy atom. The zero-order valence-electron chi connectivity index (χ0n) is 15.9. The Morgan fingerprint density at radius 3 is 2.54 bits per heavy atom. The number of piperazine rings is 1. The Hall–Kier alpha value is -2.60. The van der Waals surface area contributed by atoms with Gasteiger partial charge in [0.15, 0.2) is 5.65 Å². The van der Waals surface area contributed by atoms with Crippen molar-refractivity contribution in [3.63, 3.8) is 0 Å². The van der Waals surface area contributed by atoms with Gasteiger partial charge in [-0.25, -0.2) is 4.98 Å². The predicted molar refractivity (Wildman–Crippen MR) is 114 cm³/mol. The number of carbonyl (C=O) groups excluding carboxylic acids is 1. The molecule has 0 atom stereocenters. The minimum Gasteiger partial charge on any atom is -0.365 e. The van der Waals surface area contributed by atoms with Gasteiger partial charge in [0.05, 0.1) is 16.6 Å². The summed E-state index contributed by atoms with van der Waals surface area (Å²) in [5.74, 6) is 0.821. The summed E-state index contributed by atoms with van der Waals surface area (Å²) < 4.78 is 2.18. The van der Waals surface area contributed by atoms with E-state index in [1.54, 1.807) is 0 Å². The summed E-state index contributed by atoms with van der Waals surface area (Å²) in [6.45, 7) is 8.35. The van der Waals surface area contributed by atoms with Crippen LogP contribution in [-0.4, -0.2) is 41.5 Å². The van der Waals surface area contributed by atoms with Gasteiger partial charge in [-0.3, -0.25) is 9.20 Å². The van der Waals surface area contributed by atoms with E-state index in [0.29, 0.717) is 11.2 Å². The largest absolute Gasteiger partial charge is 0.365 e. The van der Waals surface area contributed by atoms with Crippen LogP contribution in [0.2, 0.25) is 0 Å². The molecule has 0 bridgehead atoms. The zero-order valence-corrected chi connectivity index (χ0v) is 15.9. The summed E-state index contributed by atoms with van der Waals surface area (Å²) in [4.78, 5) is 19.8. The number of aromatic nitrogens is 2. The monoisotopic (exact) mass is 379 g/mol. The van der Waals surface area contributed by atoms with Crippen molar-refractivity contribution >= 4 is 28.4 Å². The minimum absolute atomic E-state index is 0. The molecule has 0 spiro atoms. The van der Waals surface area contributed by atoms with Gasteiger partial charge in [0.2, 0.25) is 0 Å². The van der Waals surface area contributed by atoms with Gasteiger partial charge in [0.25, 0.3) is 5.91 Å². The SMILES string of the molecule is C.CC1(C)Cc2c(c(N3CCNCC3)n3c(nc4ccccc43)c2C(N)=O)C1. The molecule has 1 fully saturated rings. The third kappa shape index (κ3) is 2.66. The Balaban J connectivity index is 0.00000192. The number of nitrogens with zero attached hydrogens (tertiary/aromatic N) is 3. The highest BCUT2D eigenvalue weighted by molar-refractivity contribution is 6.04. The van der Waals surface area contributed by atoms with Gasteiger partial charge < -0.3 is 16.0 Å². The second-order valence-electron chi connectivity index (χ2n) is 8.53. The third-order valence-electron chi connectivity index (χ3n) is 5.91. The normalized spacial score (nSPS) is 18.3. The summed E-state index contributed by atoms with van der Waals surface area (Å²) in [5, 5.41) is 3.44. The molecule has 0 saturated carbocycles. The summed E-state index contributed by atoms with van der Waals surface area (Å²) in [6, 6.07) is 8.10. The van der Waals surface area contributed by atoms with Crippen LogP contribution in [0.5, 0.6) is 0 Å². The molecule has 3 aromatic rings. The van der Waals surface area contributed by atoms with Crippen LogP contribution in [0.15, 0.2) is 24.3 Å². The molecule has 1 aromatic carbocycles. The molecule has 6 heteroatoms. The highest BCUT2D eigenvalue weighted by atomic mass is 16.1. The van der Waals surface area contributed by atoms with E-state index >= 15 is 0 Å². The number of anilines is 1. The molecular weight excluding hydrogens is 350 g/mol. The molecule has 0 radical (unpaired) electrons. The predicted octanol–water partition coefficient (Wildman–Crippen LogP) is 2.76. The molecule has 3 N–H and O–H groups in total. The number of hydrogen-bond donors (Lipinski definition) is 2. The lowest BCUT2D eigenvalue weighted by molar-refractivity contribution is 0.100.